The highest BCUT2D eigenvalue weighted by molar-refractivity contribution is 4.58. The van der Waals surface area contributed by atoms with E-state index in [0.717, 1.165) is 51.2 Å². The zero-order valence-electron chi connectivity index (χ0n) is 12.7. The van der Waals surface area contributed by atoms with Crippen molar-refractivity contribution in [1.29, 1.82) is 0 Å². The minimum Gasteiger partial charge on any atom is -0.396 e. The summed E-state index contributed by atoms with van der Waals surface area (Å²) in [6.45, 7) is 7.41. The first-order valence-corrected chi connectivity index (χ1v) is 7.74. The molecule has 0 spiro atoms. The van der Waals surface area contributed by atoms with Gasteiger partial charge in [-0.2, -0.15) is 0 Å². The molecule has 1 unspecified atom stereocenters. The first-order chi connectivity index (χ1) is 9.16. The molecule has 0 bridgehead atoms. The SMILES string of the molecule is CC(C)CCCOCC(O)CNCCCCCCO. The molecule has 0 saturated heterocycles. The molecule has 0 aliphatic carbocycles. The Bertz CT molecular complexity index is 177. The van der Waals surface area contributed by atoms with Crippen molar-refractivity contribution in [1.82, 2.24) is 5.32 Å². The summed E-state index contributed by atoms with van der Waals surface area (Å²) < 4.78 is 5.44. The molecule has 3 N–H and O–H groups in total. The zero-order chi connectivity index (χ0) is 14.3. The minimum absolute atomic E-state index is 0.292. The third-order valence-corrected chi connectivity index (χ3v) is 3.02. The molecule has 0 fully saturated rings. The van der Waals surface area contributed by atoms with E-state index in [1.165, 1.54) is 6.42 Å². The molecule has 0 aromatic heterocycles. The summed E-state index contributed by atoms with van der Waals surface area (Å²) in [6, 6.07) is 0. The fourth-order valence-corrected chi connectivity index (χ4v) is 1.86. The molecule has 0 aromatic rings. The van der Waals surface area contributed by atoms with Crippen molar-refractivity contribution < 1.29 is 14.9 Å². The van der Waals surface area contributed by atoms with E-state index < -0.39 is 6.10 Å². The Hall–Kier alpha value is -0.160. The molecule has 0 saturated carbocycles. The first kappa shape index (κ1) is 18.8. The van der Waals surface area contributed by atoms with Gasteiger partial charge in [0.15, 0.2) is 0 Å². The Morgan fingerprint density at radius 2 is 1.79 bits per heavy atom. The van der Waals surface area contributed by atoms with Gasteiger partial charge in [0.1, 0.15) is 0 Å². The van der Waals surface area contributed by atoms with Crippen LogP contribution < -0.4 is 5.32 Å². The maximum absolute atomic E-state index is 9.68. The molecular formula is C15H33NO3. The number of hydrogen-bond donors (Lipinski definition) is 3. The van der Waals surface area contributed by atoms with Crippen LogP contribution in [0.3, 0.4) is 0 Å². The Morgan fingerprint density at radius 3 is 2.47 bits per heavy atom. The zero-order valence-corrected chi connectivity index (χ0v) is 12.7. The summed E-state index contributed by atoms with van der Waals surface area (Å²) >= 11 is 0. The molecular weight excluding hydrogens is 242 g/mol. The van der Waals surface area contributed by atoms with Crippen LogP contribution in [-0.4, -0.2) is 49.2 Å². The van der Waals surface area contributed by atoms with Gasteiger partial charge in [0, 0.05) is 19.8 Å². The van der Waals surface area contributed by atoms with Crippen LogP contribution in [0.4, 0.5) is 0 Å². The Kier molecular flexibility index (Phi) is 14.1. The van der Waals surface area contributed by atoms with E-state index in [0.29, 0.717) is 19.8 Å². The van der Waals surface area contributed by atoms with Gasteiger partial charge >= 0.3 is 0 Å². The fraction of sp³-hybridized carbons (Fsp3) is 1.00. The molecule has 4 nitrogen and oxygen atoms in total. The summed E-state index contributed by atoms with van der Waals surface area (Å²) in [6.07, 6.45) is 6.06. The predicted molar refractivity (Wildman–Crippen MR) is 79.3 cm³/mol. The van der Waals surface area contributed by atoms with Crippen molar-refractivity contribution in [2.45, 2.75) is 58.5 Å². The number of unbranched alkanes of at least 4 members (excludes halogenated alkanes) is 3. The van der Waals surface area contributed by atoms with Gasteiger partial charge in [-0.1, -0.05) is 26.7 Å². The molecule has 0 amide bonds. The van der Waals surface area contributed by atoms with Gasteiger partial charge in [0.05, 0.1) is 12.7 Å². The lowest BCUT2D eigenvalue weighted by Gasteiger charge is -2.12. The number of rotatable bonds is 14. The average Bonchev–Trinajstić information content (AvgIpc) is 2.37. The van der Waals surface area contributed by atoms with Crippen LogP contribution in [0.2, 0.25) is 0 Å². The third kappa shape index (κ3) is 15.8. The topological polar surface area (TPSA) is 61.7 Å². The molecule has 0 aliphatic heterocycles. The second-order valence-electron chi connectivity index (χ2n) is 5.61. The highest BCUT2D eigenvalue weighted by Gasteiger charge is 2.03. The highest BCUT2D eigenvalue weighted by atomic mass is 16.5. The Morgan fingerprint density at radius 1 is 1.05 bits per heavy atom. The quantitative estimate of drug-likeness (QED) is 0.424. The molecule has 0 aliphatic rings. The average molecular weight is 275 g/mol. The lowest BCUT2D eigenvalue weighted by Crippen LogP contribution is -2.31. The van der Waals surface area contributed by atoms with Crippen molar-refractivity contribution in [3.63, 3.8) is 0 Å². The highest BCUT2D eigenvalue weighted by Crippen LogP contribution is 2.03. The summed E-state index contributed by atoms with van der Waals surface area (Å²) in [5.74, 6) is 0.723. The molecule has 19 heavy (non-hydrogen) atoms. The largest absolute Gasteiger partial charge is 0.396 e. The van der Waals surface area contributed by atoms with Gasteiger partial charge in [0.2, 0.25) is 0 Å². The van der Waals surface area contributed by atoms with Crippen molar-refractivity contribution >= 4 is 0 Å². The monoisotopic (exact) mass is 275 g/mol. The van der Waals surface area contributed by atoms with E-state index in [9.17, 15) is 5.11 Å². The van der Waals surface area contributed by atoms with Gasteiger partial charge in [-0.15, -0.1) is 0 Å². The van der Waals surface area contributed by atoms with E-state index in [1.807, 2.05) is 0 Å². The number of nitrogens with one attached hydrogen (secondary N) is 1. The van der Waals surface area contributed by atoms with Crippen molar-refractivity contribution in [2.24, 2.45) is 5.92 Å². The predicted octanol–water partition coefficient (Wildman–Crippen LogP) is 1.94. The standard InChI is InChI=1S/C15H33NO3/c1-14(2)8-7-11-19-13-15(18)12-16-9-5-3-4-6-10-17/h14-18H,3-13H2,1-2H3. The second-order valence-corrected chi connectivity index (χ2v) is 5.61. The number of hydrogen-bond acceptors (Lipinski definition) is 4. The van der Waals surface area contributed by atoms with Gasteiger partial charge in [0.25, 0.3) is 0 Å². The van der Waals surface area contributed by atoms with E-state index in [1.54, 1.807) is 0 Å². The number of aliphatic hydroxyl groups is 2. The van der Waals surface area contributed by atoms with Gasteiger partial charge in [-0.25, -0.2) is 0 Å². The van der Waals surface area contributed by atoms with Gasteiger partial charge < -0.3 is 20.3 Å². The van der Waals surface area contributed by atoms with Crippen LogP contribution in [-0.2, 0) is 4.74 Å². The molecule has 0 rings (SSSR count). The van der Waals surface area contributed by atoms with Crippen LogP contribution in [0.25, 0.3) is 0 Å². The van der Waals surface area contributed by atoms with Crippen molar-refractivity contribution in [3.8, 4) is 0 Å². The van der Waals surface area contributed by atoms with Crippen LogP contribution in [0.1, 0.15) is 52.4 Å². The maximum Gasteiger partial charge on any atom is 0.0897 e. The Labute approximate surface area is 118 Å². The Balaban J connectivity index is 3.14. The van der Waals surface area contributed by atoms with Crippen LogP contribution in [0.5, 0.6) is 0 Å². The van der Waals surface area contributed by atoms with Crippen molar-refractivity contribution in [3.05, 3.63) is 0 Å². The molecule has 1 atom stereocenters. The fourth-order valence-electron chi connectivity index (χ4n) is 1.86. The number of aliphatic hydroxyl groups excluding tert-OH is 2. The van der Waals surface area contributed by atoms with Crippen LogP contribution >= 0.6 is 0 Å². The summed E-state index contributed by atoms with van der Waals surface area (Å²) in [4.78, 5) is 0. The van der Waals surface area contributed by atoms with E-state index in [4.69, 9.17) is 9.84 Å². The van der Waals surface area contributed by atoms with E-state index in [-0.39, 0.29) is 0 Å². The third-order valence-electron chi connectivity index (χ3n) is 3.02. The van der Waals surface area contributed by atoms with Crippen LogP contribution in [0, 0.1) is 5.92 Å². The molecule has 116 valence electrons. The van der Waals surface area contributed by atoms with E-state index in [2.05, 4.69) is 19.2 Å². The first-order valence-electron chi connectivity index (χ1n) is 7.74. The number of ether oxygens (including phenoxy) is 1. The smallest absolute Gasteiger partial charge is 0.0897 e. The summed E-state index contributed by atoms with van der Waals surface area (Å²) in [5, 5.41) is 21.5. The lowest BCUT2D eigenvalue weighted by atomic mass is 10.1. The lowest BCUT2D eigenvalue weighted by molar-refractivity contribution is 0.0348. The van der Waals surface area contributed by atoms with Gasteiger partial charge in [-0.3, -0.25) is 0 Å². The minimum atomic E-state index is -0.406. The van der Waals surface area contributed by atoms with Gasteiger partial charge in [-0.05, 0) is 38.1 Å². The van der Waals surface area contributed by atoms with Crippen LogP contribution in [0.15, 0.2) is 0 Å². The summed E-state index contributed by atoms with van der Waals surface area (Å²) in [5.41, 5.74) is 0. The molecule has 4 heteroatoms. The molecule has 0 radical (unpaired) electrons. The summed E-state index contributed by atoms with van der Waals surface area (Å²) in [7, 11) is 0. The molecule has 0 aromatic carbocycles. The normalized spacial score (nSPS) is 13.1. The van der Waals surface area contributed by atoms with Crippen molar-refractivity contribution in [2.75, 3.05) is 32.9 Å². The maximum atomic E-state index is 9.68. The molecule has 0 heterocycles. The second kappa shape index (κ2) is 14.3. The van der Waals surface area contributed by atoms with E-state index >= 15 is 0 Å².